The van der Waals surface area contributed by atoms with Crippen LogP contribution in [0.1, 0.15) is 34.6 Å². The van der Waals surface area contributed by atoms with Crippen LogP contribution in [0.25, 0.3) is 11.0 Å². The van der Waals surface area contributed by atoms with Gasteiger partial charge in [-0.05, 0) is 36.8 Å². The maximum atomic E-state index is 12.8. The van der Waals surface area contributed by atoms with Gasteiger partial charge in [-0.3, -0.25) is 4.79 Å². The summed E-state index contributed by atoms with van der Waals surface area (Å²) >= 11 is 0. The second-order valence-corrected chi connectivity index (χ2v) is 7.90. The molecule has 0 fully saturated rings. The number of hydrogen-bond donors (Lipinski definition) is 1. The quantitative estimate of drug-likeness (QED) is 0.745. The Kier molecular flexibility index (Phi) is 4.84. The lowest BCUT2D eigenvalue weighted by Crippen LogP contribution is -2.29. The van der Waals surface area contributed by atoms with Crippen molar-refractivity contribution in [3.8, 4) is 0 Å². The Hall–Kier alpha value is -2.64. The van der Waals surface area contributed by atoms with Crippen LogP contribution < -0.4 is 5.14 Å². The number of carbonyl (C=O) groups excluding carboxylic acids is 1. The minimum absolute atomic E-state index is 0.228. The van der Waals surface area contributed by atoms with E-state index in [9.17, 15) is 13.2 Å². The highest BCUT2D eigenvalue weighted by Gasteiger charge is 2.22. The van der Waals surface area contributed by atoms with Crippen LogP contribution in [0.4, 0.5) is 0 Å². The Balaban J connectivity index is 1.83. The lowest BCUT2D eigenvalue weighted by molar-refractivity contribution is 0.0727. The van der Waals surface area contributed by atoms with E-state index in [4.69, 9.17) is 9.56 Å². The fourth-order valence-electron chi connectivity index (χ4n) is 2.81. The van der Waals surface area contributed by atoms with Crippen molar-refractivity contribution in [2.75, 3.05) is 7.05 Å². The number of sulfonamides is 1. The number of nitrogens with two attached hydrogens (primary N) is 1. The Labute approximate surface area is 152 Å². The van der Waals surface area contributed by atoms with E-state index in [1.54, 1.807) is 36.2 Å². The average Bonchev–Trinajstić information content (AvgIpc) is 3.02. The van der Waals surface area contributed by atoms with Gasteiger partial charge in [0.25, 0.3) is 5.91 Å². The van der Waals surface area contributed by atoms with Crippen molar-refractivity contribution in [1.29, 1.82) is 0 Å². The van der Waals surface area contributed by atoms with Gasteiger partial charge in [0.1, 0.15) is 11.3 Å². The normalized spacial score (nSPS) is 12.9. The molecule has 1 amide bonds. The van der Waals surface area contributed by atoms with Crippen molar-refractivity contribution in [3.63, 3.8) is 0 Å². The molecular weight excluding hydrogens is 352 g/mol. The fourth-order valence-corrected chi connectivity index (χ4v) is 3.45. The van der Waals surface area contributed by atoms with Gasteiger partial charge in [-0.15, -0.1) is 0 Å². The van der Waals surface area contributed by atoms with E-state index in [1.165, 1.54) is 0 Å². The molecule has 1 unspecified atom stereocenters. The molecule has 1 atom stereocenters. The van der Waals surface area contributed by atoms with Crippen LogP contribution in [0.3, 0.4) is 0 Å². The van der Waals surface area contributed by atoms with E-state index in [0.717, 1.165) is 11.0 Å². The second-order valence-electron chi connectivity index (χ2n) is 6.29. The molecule has 0 spiro atoms. The molecule has 0 bridgehead atoms. The highest BCUT2D eigenvalue weighted by Crippen LogP contribution is 2.27. The first-order valence-electron chi connectivity index (χ1n) is 8.09. The van der Waals surface area contributed by atoms with E-state index in [0.29, 0.717) is 16.9 Å². The number of nitrogens with zero attached hydrogens (tertiary/aromatic N) is 1. The summed E-state index contributed by atoms with van der Waals surface area (Å²) < 4.78 is 28.4. The predicted molar refractivity (Wildman–Crippen MR) is 100.0 cm³/mol. The SMILES string of the molecule is CC(c1cc2ccccc2o1)N(C)C(=O)c1cccc(CS(N)(=O)=O)c1. The second kappa shape index (κ2) is 6.93. The number of fused-ring (bicyclic) bond motifs is 1. The standard InChI is InChI=1S/C19H20N2O4S/c1-13(18-11-15-7-3-4-9-17(15)25-18)21(2)19(22)16-8-5-6-14(10-16)12-26(20,23)24/h3-11,13H,12H2,1-2H3,(H2,20,23,24). The third-order valence-corrected chi connectivity index (χ3v) is 5.04. The maximum Gasteiger partial charge on any atom is 0.254 e. The number of hydrogen-bond acceptors (Lipinski definition) is 4. The smallest absolute Gasteiger partial charge is 0.254 e. The fraction of sp³-hybridized carbons (Fsp3) is 0.211. The molecule has 6 nitrogen and oxygen atoms in total. The van der Waals surface area contributed by atoms with E-state index in [1.807, 2.05) is 37.3 Å². The number of benzene rings is 2. The molecule has 0 aliphatic rings. The first-order chi connectivity index (χ1) is 12.2. The molecule has 2 N–H and O–H groups in total. The molecule has 7 heteroatoms. The summed E-state index contributed by atoms with van der Waals surface area (Å²) in [6.07, 6.45) is 0. The molecule has 3 aromatic rings. The van der Waals surface area contributed by atoms with Gasteiger partial charge in [0.2, 0.25) is 10.0 Å². The summed E-state index contributed by atoms with van der Waals surface area (Å²) in [6, 6.07) is 15.8. The van der Waals surface area contributed by atoms with Gasteiger partial charge in [0.05, 0.1) is 11.8 Å². The van der Waals surface area contributed by atoms with Gasteiger partial charge in [-0.1, -0.05) is 30.3 Å². The zero-order valence-corrected chi connectivity index (χ0v) is 15.4. The van der Waals surface area contributed by atoms with Gasteiger partial charge >= 0.3 is 0 Å². The Morgan fingerprint density at radius 2 is 1.88 bits per heavy atom. The summed E-state index contributed by atoms with van der Waals surface area (Å²) in [4.78, 5) is 14.4. The molecule has 0 aliphatic heterocycles. The van der Waals surface area contributed by atoms with Crippen molar-refractivity contribution in [2.45, 2.75) is 18.7 Å². The molecule has 26 heavy (non-hydrogen) atoms. The Morgan fingerprint density at radius 3 is 2.58 bits per heavy atom. The lowest BCUT2D eigenvalue weighted by Gasteiger charge is -2.23. The molecule has 136 valence electrons. The minimum Gasteiger partial charge on any atom is -0.459 e. The minimum atomic E-state index is -3.65. The number of carbonyl (C=O) groups is 1. The van der Waals surface area contributed by atoms with Crippen LogP contribution >= 0.6 is 0 Å². The van der Waals surface area contributed by atoms with Gasteiger partial charge < -0.3 is 9.32 Å². The molecule has 1 aromatic heterocycles. The third-order valence-electron chi connectivity index (χ3n) is 4.30. The first-order valence-corrected chi connectivity index (χ1v) is 9.81. The van der Waals surface area contributed by atoms with Crippen LogP contribution in [0, 0.1) is 0 Å². The number of amides is 1. The molecule has 0 radical (unpaired) electrons. The summed E-state index contributed by atoms with van der Waals surface area (Å²) in [5, 5.41) is 6.06. The molecule has 2 aromatic carbocycles. The molecule has 0 saturated heterocycles. The summed E-state index contributed by atoms with van der Waals surface area (Å²) in [6.45, 7) is 1.88. The van der Waals surface area contributed by atoms with Crippen LogP contribution in [-0.4, -0.2) is 26.3 Å². The summed E-state index contributed by atoms with van der Waals surface area (Å²) in [5.74, 6) is 0.147. The van der Waals surface area contributed by atoms with Gasteiger partial charge in [0.15, 0.2) is 0 Å². The highest BCUT2D eigenvalue weighted by molar-refractivity contribution is 7.88. The van der Waals surface area contributed by atoms with E-state index < -0.39 is 10.0 Å². The van der Waals surface area contributed by atoms with Gasteiger partial charge in [-0.25, -0.2) is 13.6 Å². The van der Waals surface area contributed by atoms with E-state index in [2.05, 4.69) is 0 Å². The van der Waals surface area contributed by atoms with Gasteiger partial charge in [-0.2, -0.15) is 0 Å². The van der Waals surface area contributed by atoms with Crippen LogP contribution in [0.2, 0.25) is 0 Å². The number of furan rings is 1. The van der Waals surface area contributed by atoms with E-state index in [-0.39, 0.29) is 17.7 Å². The van der Waals surface area contributed by atoms with Crippen molar-refractivity contribution >= 4 is 26.9 Å². The van der Waals surface area contributed by atoms with Crippen LogP contribution in [0.5, 0.6) is 0 Å². The van der Waals surface area contributed by atoms with Crippen LogP contribution in [-0.2, 0) is 15.8 Å². The number of rotatable bonds is 5. The van der Waals surface area contributed by atoms with Crippen LogP contribution in [0.15, 0.2) is 59.0 Å². The van der Waals surface area contributed by atoms with Crippen molar-refractivity contribution < 1.29 is 17.6 Å². The van der Waals surface area contributed by atoms with Crippen molar-refractivity contribution in [2.24, 2.45) is 5.14 Å². The lowest BCUT2D eigenvalue weighted by atomic mass is 10.1. The molecule has 3 rings (SSSR count). The molecular formula is C19H20N2O4S. The zero-order valence-electron chi connectivity index (χ0n) is 14.5. The summed E-state index contributed by atoms with van der Waals surface area (Å²) in [7, 11) is -1.97. The third kappa shape index (κ3) is 3.95. The number of para-hydroxylation sites is 1. The highest BCUT2D eigenvalue weighted by atomic mass is 32.2. The van der Waals surface area contributed by atoms with Gasteiger partial charge in [0, 0.05) is 18.0 Å². The average molecular weight is 372 g/mol. The monoisotopic (exact) mass is 372 g/mol. The molecule has 0 saturated carbocycles. The zero-order chi connectivity index (χ0) is 18.9. The Bertz CT molecular complexity index is 1020. The number of primary sulfonamides is 1. The molecule has 1 heterocycles. The topological polar surface area (TPSA) is 93.6 Å². The predicted octanol–water partition coefficient (Wildman–Crippen LogP) is 3.05. The molecule has 0 aliphatic carbocycles. The van der Waals surface area contributed by atoms with E-state index >= 15 is 0 Å². The first kappa shape index (κ1) is 18.2. The van der Waals surface area contributed by atoms with Crippen molar-refractivity contribution in [3.05, 3.63) is 71.5 Å². The maximum absolute atomic E-state index is 12.8. The van der Waals surface area contributed by atoms with Crippen molar-refractivity contribution in [1.82, 2.24) is 4.90 Å². The largest absolute Gasteiger partial charge is 0.459 e. The Morgan fingerprint density at radius 1 is 1.15 bits per heavy atom. The summed E-state index contributed by atoms with van der Waals surface area (Å²) in [5.41, 5.74) is 1.64.